The average molecular weight is 431 g/mol. The maximum atomic E-state index is 13.8. The Kier molecular flexibility index (Phi) is 4.47. The number of nitrogens with two attached hydrogens (primary N) is 1. The van der Waals surface area contributed by atoms with Crippen molar-refractivity contribution in [3.8, 4) is 16.9 Å². The summed E-state index contributed by atoms with van der Waals surface area (Å²) in [6, 6.07) is 12.0. The number of likely N-dealkylation sites (N-methyl/N-ethyl adjacent to an activating group) is 1. The van der Waals surface area contributed by atoms with E-state index in [1.807, 2.05) is 31.2 Å². The molecule has 0 aliphatic carbocycles. The number of halogens is 1. The van der Waals surface area contributed by atoms with E-state index >= 15 is 0 Å². The lowest BCUT2D eigenvalue weighted by Gasteiger charge is -2.43. The van der Waals surface area contributed by atoms with Gasteiger partial charge >= 0.3 is 0 Å². The average Bonchev–Trinajstić information content (AvgIpc) is 2.97. The summed E-state index contributed by atoms with van der Waals surface area (Å²) < 4.78 is 20.2. The van der Waals surface area contributed by atoms with Crippen LogP contribution in [0.5, 0.6) is 5.75 Å². The molecule has 1 amide bonds. The molecule has 162 valence electrons. The summed E-state index contributed by atoms with van der Waals surface area (Å²) in [6.45, 7) is 1.92. The molecule has 3 aromatic rings. The second-order valence-electron chi connectivity index (χ2n) is 8.57. The van der Waals surface area contributed by atoms with Crippen LogP contribution in [0.4, 0.5) is 4.39 Å². The molecule has 7 nitrogen and oxygen atoms in total. The standard InChI is InChI=1S/C24H22FN5O2/c1-23(10-15-4-3-5-18(25)8-15)13-24(21(31)30(2)22(26)29-24)19-9-16(6-7-20(19)32-23)17-11-27-14-28-12-17/h3-9,11-12,14H,10,13H2,1-2H3,(H2,26,29)/t23-,24?/m1/s1. The molecular formula is C24H22FN5O2. The number of carbonyl (C=O) groups is 1. The van der Waals surface area contributed by atoms with Crippen molar-refractivity contribution >= 4 is 11.9 Å². The molecule has 2 N–H and O–H groups in total. The molecule has 8 heteroatoms. The van der Waals surface area contributed by atoms with E-state index in [2.05, 4.69) is 15.0 Å². The molecule has 32 heavy (non-hydrogen) atoms. The molecule has 0 saturated heterocycles. The predicted molar refractivity (Wildman–Crippen MR) is 117 cm³/mol. The highest BCUT2D eigenvalue weighted by Gasteiger charge is 2.56. The van der Waals surface area contributed by atoms with Gasteiger partial charge in [0.1, 0.15) is 23.5 Å². The van der Waals surface area contributed by atoms with Crippen molar-refractivity contribution in [1.29, 1.82) is 0 Å². The van der Waals surface area contributed by atoms with Gasteiger partial charge in [-0.3, -0.25) is 9.69 Å². The molecule has 2 aliphatic rings. The summed E-state index contributed by atoms with van der Waals surface area (Å²) in [5.41, 5.74) is 7.14. The smallest absolute Gasteiger partial charge is 0.261 e. The number of benzene rings is 2. The summed E-state index contributed by atoms with van der Waals surface area (Å²) in [7, 11) is 1.61. The number of rotatable bonds is 3. The third-order valence-electron chi connectivity index (χ3n) is 6.08. The number of guanidine groups is 1. The van der Waals surface area contributed by atoms with E-state index in [-0.39, 0.29) is 24.1 Å². The van der Waals surface area contributed by atoms with Crippen LogP contribution in [0.1, 0.15) is 24.5 Å². The number of hydrogen-bond donors (Lipinski definition) is 1. The summed E-state index contributed by atoms with van der Waals surface area (Å²) in [5.74, 6) is 0.178. The first-order valence-electron chi connectivity index (χ1n) is 10.3. The molecule has 1 aromatic heterocycles. The molecule has 0 radical (unpaired) electrons. The maximum Gasteiger partial charge on any atom is 0.261 e. The summed E-state index contributed by atoms with van der Waals surface area (Å²) in [6.07, 6.45) is 5.55. The Labute approximate surface area is 184 Å². The van der Waals surface area contributed by atoms with Crippen molar-refractivity contribution in [2.45, 2.75) is 30.9 Å². The van der Waals surface area contributed by atoms with Crippen molar-refractivity contribution in [3.05, 3.63) is 78.1 Å². The van der Waals surface area contributed by atoms with Gasteiger partial charge in [0.15, 0.2) is 11.5 Å². The van der Waals surface area contributed by atoms with Gasteiger partial charge in [0.05, 0.1) is 0 Å². The number of carbonyl (C=O) groups excluding carboxylic acids is 1. The van der Waals surface area contributed by atoms with E-state index in [4.69, 9.17) is 10.5 Å². The molecule has 3 heterocycles. The van der Waals surface area contributed by atoms with E-state index in [0.717, 1.165) is 16.7 Å². The fourth-order valence-corrected chi connectivity index (χ4v) is 4.68. The fraction of sp³-hybridized carbons (Fsp3) is 0.250. The van der Waals surface area contributed by atoms with Crippen LogP contribution in [0.25, 0.3) is 11.1 Å². The quantitative estimate of drug-likeness (QED) is 0.688. The monoisotopic (exact) mass is 431 g/mol. The second kappa shape index (κ2) is 7.12. The van der Waals surface area contributed by atoms with Gasteiger partial charge in [-0.05, 0) is 42.3 Å². The van der Waals surface area contributed by atoms with Crippen molar-refractivity contribution in [1.82, 2.24) is 14.9 Å². The Morgan fingerprint density at radius 2 is 1.94 bits per heavy atom. The van der Waals surface area contributed by atoms with Gasteiger partial charge in [-0.25, -0.2) is 19.4 Å². The van der Waals surface area contributed by atoms with E-state index in [9.17, 15) is 9.18 Å². The highest BCUT2D eigenvalue weighted by atomic mass is 19.1. The molecular weight excluding hydrogens is 409 g/mol. The van der Waals surface area contributed by atoms with Crippen LogP contribution >= 0.6 is 0 Å². The SMILES string of the molecule is CN1C(=O)C2(C[C@@](C)(Cc3cccc(F)c3)Oc3ccc(-c4cncnc4)cc32)N=C1N. The van der Waals surface area contributed by atoms with Gasteiger partial charge in [0, 0.05) is 43.4 Å². The van der Waals surface area contributed by atoms with Crippen LogP contribution in [0, 0.1) is 5.82 Å². The lowest BCUT2D eigenvalue weighted by Crippen LogP contribution is -2.51. The first kappa shape index (κ1) is 20.1. The predicted octanol–water partition coefficient (Wildman–Crippen LogP) is 3.05. The fourth-order valence-electron chi connectivity index (χ4n) is 4.68. The van der Waals surface area contributed by atoms with Crippen LogP contribution in [0.3, 0.4) is 0 Å². The highest BCUT2D eigenvalue weighted by Crippen LogP contribution is 2.50. The number of aliphatic imine (C=N–C) groups is 1. The van der Waals surface area contributed by atoms with Crippen molar-refractivity contribution < 1.29 is 13.9 Å². The zero-order valence-electron chi connectivity index (χ0n) is 17.7. The van der Waals surface area contributed by atoms with Crippen molar-refractivity contribution in [2.75, 3.05) is 7.05 Å². The van der Waals surface area contributed by atoms with Crippen molar-refractivity contribution in [2.24, 2.45) is 10.7 Å². The number of nitrogens with zero attached hydrogens (tertiary/aromatic N) is 4. The Balaban J connectivity index is 1.64. The summed E-state index contributed by atoms with van der Waals surface area (Å²) >= 11 is 0. The van der Waals surface area contributed by atoms with Crippen molar-refractivity contribution in [3.63, 3.8) is 0 Å². The van der Waals surface area contributed by atoms with E-state index in [1.165, 1.54) is 23.4 Å². The number of amides is 1. The minimum atomic E-state index is -1.22. The Bertz CT molecular complexity index is 1250. The molecule has 0 fully saturated rings. The van der Waals surface area contributed by atoms with E-state index in [0.29, 0.717) is 17.7 Å². The Hall–Kier alpha value is -3.81. The molecule has 0 saturated carbocycles. The summed E-state index contributed by atoms with van der Waals surface area (Å²) in [5, 5.41) is 0. The topological polar surface area (TPSA) is 93.7 Å². The zero-order chi connectivity index (χ0) is 22.5. The van der Waals surface area contributed by atoms with E-state index < -0.39 is 11.1 Å². The lowest BCUT2D eigenvalue weighted by molar-refractivity contribution is -0.133. The largest absolute Gasteiger partial charge is 0.487 e. The molecule has 2 atom stereocenters. The normalized spacial score (nSPS) is 24.3. The van der Waals surface area contributed by atoms with Crippen LogP contribution in [0.2, 0.25) is 0 Å². The molecule has 2 aromatic carbocycles. The van der Waals surface area contributed by atoms with Crippen LogP contribution in [0.15, 0.2) is 66.2 Å². The van der Waals surface area contributed by atoms with Gasteiger partial charge < -0.3 is 10.5 Å². The first-order valence-corrected chi connectivity index (χ1v) is 10.3. The maximum absolute atomic E-state index is 13.8. The molecule has 1 spiro atoms. The third kappa shape index (κ3) is 3.19. The van der Waals surface area contributed by atoms with Gasteiger partial charge in [0.2, 0.25) is 0 Å². The number of fused-ring (bicyclic) bond motifs is 2. The third-order valence-corrected chi connectivity index (χ3v) is 6.08. The second-order valence-corrected chi connectivity index (χ2v) is 8.57. The first-order chi connectivity index (χ1) is 15.3. The molecule has 2 aliphatic heterocycles. The van der Waals surface area contributed by atoms with Crippen LogP contribution in [-0.2, 0) is 16.8 Å². The van der Waals surface area contributed by atoms with Crippen LogP contribution in [-0.4, -0.2) is 39.4 Å². The molecule has 1 unspecified atom stereocenters. The number of ether oxygens (including phenoxy) is 1. The van der Waals surface area contributed by atoms with Crippen LogP contribution < -0.4 is 10.5 Å². The lowest BCUT2D eigenvalue weighted by atomic mass is 9.74. The van der Waals surface area contributed by atoms with E-state index in [1.54, 1.807) is 25.5 Å². The minimum absolute atomic E-state index is 0.157. The van der Waals surface area contributed by atoms with Gasteiger partial charge in [0.25, 0.3) is 5.91 Å². The Morgan fingerprint density at radius 3 is 2.62 bits per heavy atom. The van der Waals surface area contributed by atoms with Gasteiger partial charge in [-0.2, -0.15) is 0 Å². The van der Waals surface area contributed by atoms with Gasteiger partial charge in [-0.1, -0.05) is 18.2 Å². The number of aromatic nitrogens is 2. The van der Waals surface area contributed by atoms with Gasteiger partial charge in [-0.15, -0.1) is 0 Å². The molecule has 0 bridgehead atoms. The Morgan fingerprint density at radius 1 is 1.16 bits per heavy atom. The zero-order valence-corrected chi connectivity index (χ0v) is 17.7. The minimum Gasteiger partial charge on any atom is -0.487 e. The highest BCUT2D eigenvalue weighted by molar-refractivity contribution is 6.07. The number of hydrogen-bond acceptors (Lipinski definition) is 6. The summed E-state index contributed by atoms with van der Waals surface area (Å²) in [4.78, 5) is 27.7. The molecule has 5 rings (SSSR count).